The van der Waals surface area contributed by atoms with Crippen LogP contribution in [0.5, 0.6) is 0 Å². The fraction of sp³-hybridized carbons (Fsp3) is 0.667. The predicted molar refractivity (Wildman–Crippen MR) is 113 cm³/mol. The highest BCUT2D eigenvalue weighted by molar-refractivity contribution is 7.88. The van der Waals surface area contributed by atoms with Gasteiger partial charge >= 0.3 is 6.18 Å². The van der Waals surface area contributed by atoms with Crippen molar-refractivity contribution in [3.8, 4) is 0 Å². The maximum Gasteiger partial charge on any atom is 0.416 e. The van der Waals surface area contributed by atoms with Gasteiger partial charge in [0.15, 0.2) is 0 Å². The zero-order valence-corrected chi connectivity index (χ0v) is 18.9. The number of nitrogens with one attached hydrogen (secondary N) is 1. The van der Waals surface area contributed by atoms with Crippen molar-refractivity contribution in [2.75, 3.05) is 37.8 Å². The maximum atomic E-state index is 12.6. The molecule has 1 N–H and O–H groups in total. The van der Waals surface area contributed by atoms with Crippen molar-refractivity contribution in [3.05, 3.63) is 29.8 Å². The lowest BCUT2D eigenvalue weighted by molar-refractivity contribution is -0.137. The average molecular weight is 462 g/mol. The van der Waals surface area contributed by atoms with Crippen molar-refractivity contribution in [1.82, 2.24) is 9.21 Å². The van der Waals surface area contributed by atoms with E-state index in [-0.39, 0.29) is 17.9 Å². The number of likely N-dealkylation sites (tertiary alicyclic amines) is 1. The molecule has 1 spiro atoms. The first-order chi connectivity index (χ1) is 14.2. The summed E-state index contributed by atoms with van der Waals surface area (Å²) in [5, 5.41) is 2.64. The van der Waals surface area contributed by atoms with Crippen LogP contribution in [0.4, 0.5) is 18.9 Å². The normalized spacial score (nSPS) is 22.4. The molecule has 31 heavy (non-hydrogen) atoms. The van der Waals surface area contributed by atoms with E-state index in [0.717, 1.165) is 37.8 Å². The van der Waals surface area contributed by atoms with Crippen LogP contribution in [-0.2, 0) is 21.0 Å². The van der Waals surface area contributed by atoms with Crippen molar-refractivity contribution in [2.24, 2.45) is 5.41 Å². The van der Waals surface area contributed by atoms with Crippen LogP contribution in [0.1, 0.15) is 45.1 Å². The zero-order valence-electron chi connectivity index (χ0n) is 18.1. The monoisotopic (exact) mass is 461 g/mol. The second kappa shape index (κ2) is 8.37. The fourth-order valence-electron chi connectivity index (χ4n) is 4.60. The molecule has 0 bridgehead atoms. The summed E-state index contributed by atoms with van der Waals surface area (Å²) in [5.41, 5.74) is -0.897. The largest absolute Gasteiger partial charge is 0.416 e. The molecule has 2 saturated heterocycles. The van der Waals surface area contributed by atoms with Gasteiger partial charge in [0.2, 0.25) is 15.9 Å². The van der Waals surface area contributed by atoms with Gasteiger partial charge in [-0.3, -0.25) is 9.69 Å². The Bertz CT molecular complexity index is 906. The van der Waals surface area contributed by atoms with Gasteiger partial charge in [-0.05, 0) is 82.3 Å². The first kappa shape index (κ1) is 24.0. The molecule has 0 aromatic heterocycles. The molecule has 174 valence electrons. The smallest absolute Gasteiger partial charge is 0.325 e. The number of amides is 1. The van der Waals surface area contributed by atoms with Crippen molar-refractivity contribution < 1.29 is 26.4 Å². The summed E-state index contributed by atoms with van der Waals surface area (Å²) in [5.74, 6) is -0.279. The molecular formula is C21H30F3N3O3S. The minimum absolute atomic E-state index is 0.0704. The Labute approximate surface area is 181 Å². The highest BCUT2D eigenvalue weighted by Gasteiger charge is 2.47. The van der Waals surface area contributed by atoms with Crippen LogP contribution < -0.4 is 5.32 Å². The predicted octanol–water partition coefficient (Wildman–Crippen LogP) is 3.56. The zero-order chi connectivity index (χ0) is 23.1. The lowest BCUT2D eigenvalue weighted by Gasteiger charge is -2.52. The molecule has 2 fully saturated rings. The van der Waals surface area contributed by atoms with E-state index in [1.165, 1.54) is 18.4 Å². The summed E-state index contributed by atoms with van der Waals surface area (Å²) < 4.78 is 64.1. The van der Waals surface area contributed by atoms with Crippen LogP contribution in [0, 0.1) is 5.41 Å². The molecule has 2 aliphatic heterocycles. The summed E-state index contributed by atoms with van der Waals surface area (Å²) in [6.45, 7) is 5.93. The number of benzene rings is 1. The Morgan fingerprint density at radius 2 is 1.65 bits per heavy atom. The summed E-state index contributed by atoms with van der Waals surface area (Å²) in [7, 11) is -3.30. The van der Waals surface area contributed by atoms with Crippen molar-refractivity contribution in [1.29, 1.82) is 0 Å². The third-order valence-electron chi connectivity index (χ3n) is 6.60. The highest BCUT2D eigenvalue weighted by atomic mass is 32.2. The number of anilines is 1. The van der Waals surface area contributed by atoms with Gasteiger partial charge in [0.25, 0.3) is 0 Å². The fourth-order valence-corrected chi connectivity index (χ4v) is 6.10. The van der Waals surface area contributed by atoms with Crippen molar-refractivity contribution >= 4 is 21.6 Å². The Hall–Kier alpha value is -1.65. The van der Waals surface area contributed by atoms with Gasteiger partial charge in [0.1, 0.15) is 0 Å². The number of nitrogens with zero attached hydrogens (tertiary/aromatic N) is 2. The molecule has 0 atom stereocenters. The second-order valence-corrected chi connectivity index (χ2v) is 11.4. The summed E-state index contributed by atoms with van der Waals surface area (Å²) in [4.78, 5) is 14.3. The molecule has 1 amide bonds. The number of rotatable bonds is 4. The van der Waals surface area contributed by atoms with E-state index in [0.29, 0.717) is 25.3 Å². The number of halogens is 3. The van der Waals surface area contributed by atoms with Gasteiger partial charge in [-0.25, -0.2) is 8.42 Å². The third kappa shape index (κ3) is 5.78. The third-order valence-corrected chi connectivity index (χ3v) is 8.03. The van der Waals surface area contributed by atoms with Crippen LogP contribution in [0.2, 0.25) is 0 Å². The molecule has 6 nitrogen and oxygen atoms in total. The Kier molecular flexibility index (Phi) is 6.48. The van der Waals surface area contributed by atoms with Gasteiger partial charge in [-0.2, -0.15) is 17.5 Å². The molecule has 2 heterocycles. The summed E-state index contributed by atoms with van der Waals surface area (Å²) >= 11 is 0. The van der Waals surface area contributed by atoms with Gasteiger partial charge in [0.05, 0.1) is 18.4 Å². The summed E-state index contributed by atoms with van der Waals surface area (Å²) in [6.07, 6.45) is 0.221. The molecule has 1 aromatic rings. The second-order valence-electron chi connectivity index (χ2n) is 9.48. The van der Waals surface area contributed by atoms with Crippen LogP contribution >= 0.6 is 0 Å². The average Bonchev–Trinajstić information content (AvgIpc) is 2.65. The van der Waals surface area contributed by atoms with E-state index >= 15 is 0 Å². The van der Waals surface area contributed by atoms with E-state index in [1.807, 2.05) is 18.7 Å². The molecule has 0 saturated carbocycles. The quantitative estimate of drug-likeness (QED) is 0.745. The molecule has 10 heteroatoms. The van der Waals surface area contributed by atoms with E-state index in [9.17, 15) is 26.4 Å². The van der Waals surface area contributed by atoms with Crippen molar-refractivity contribution in [3.63, 3.8) is 0 Å². The molecule has 3 rings (SSSR count). The van der Waals surface area contributed by atoms with E-state index < -0.39 is 27.3 Å². The van der Waals surface area contributed by atoms with E-state index in [1.54, 1.807) is 4.31 Å². The molecule has 0 unspecified atom stereocenters. The number of piperidine rings is 2. The van der Waals surface area contributed by atoms with Crippen LogP contribution in [-0.4, -0.2) is 61.5 Å². The highest BCUT2D eigenvalue weighted by Crippen LogP contribution is 2.45. The number of carbonyl (C=O) groups is 1. The van der Waals surface area contributed by atoms with Gasteiger partial charge in [-0.15, -0.1) is 0 Å². The van der Waals surface area contributed by atoms with Gasteiger partial charge in [0, 0.05) is 17.8 Å². The molecular weight excluding hydrogens is 431 g/mol. The number of carbonyl (C=O) groups excluding carboxylic acids is 1. The molecule has 0 aliphatic carbocycles. The maximum absolute atomic E-state index is 12.6. The standard InChI is InChI=1S/C21H30F3N3O3S/c1-19(2)8-9-20(15-27(19)31(3,29)30)10-12-26(13-11-20)14-18(28)25-17-6-4-16(5-7-17)21(22,23)24/h4-7H,8-15H2,1-3H3,(H,25,28). The lowest BCUT2D eigenvalue weighted by atomic mass is 9.69. The van der Waals surface area contributed by atoms with Crippen LogP contribution in [0.15, 0.2) is 24.3 Å². The van der Waals surface area contributed by atoms with E-state index in [4.69, 9.17) is 0 Å². The molecule has 2 aliphatic rings. The number of hydrogen-bond donors (Lipinski definition) is 1. The summed E-state index contributed by atoms with van der Waals surface area (Å²) in [6, 6.07) is 4.38. The number of alkyl halides is 3. The number of sulfonamides is 1. The van der Waals surface area contributed by atoms with E-state index in [2.05, 4.69) is 5.32 Å². The Balaban J connectivity index is 1.53. The molecule has 0 radical (unpaired) electrons. The lowest BCUT2D eigenvalue weighted by Crippen LogP contribution is -2.58. The topological polar surface area (TPSA) is 69.7 Å². The first-order valence-electron chi connectivity index (χ1n) is 10.4. The SMILES string of the molecule is CC1(C)CCC2(CCN(CC(=O)Nc3ccc(C(F)(F)F)cc3)CC2)CN1S(C)(=O)=O. The Morgan fingerprint density at radius 1 is 1.06 bits per heavy atom. The van der Waals surface area contributed by atoms with Crippen LogP contribution in [0.25, 0.3) is 0 Å². The number of hydrogen-bond acceptors (Lipinski definition) is 4. The minimum atomic E-state index is -4.41. The minimum Gasteiger partial charge on any atom is -0.325 e. The Morgan fingerprint density at radius 3 is 2.16 bits per heavy atom. The van der Waals surface area contributed by atoms with Gasteiger partial charge in [-0.1, -0.05) is 0 Å². The van der Waals surface area contributed by atoms with Gasteiger partial charge < -0.3 is 5.32 Å². The van der Waals surface area contributed by atoms with Crippen molar-refractivity contribution in [2.45, 2.75) is 51.2 Å². The first-order valence-corrected chi connectivity index (χ1v) is 12.2. The molecule has 1 aromatic carbocycles. The van der Waals surface area contributed by atoms with Crippen LogP contribution in [0.3, 0.4) is 0 Å².